The van der Waals surface area contributed by atoms with E-state index in [4.69, 9.17) is 11.6 Å². The topological polar surface area (TPSA) is 36.7 Å². The molecular weight excluding hydrogens is 316 g/mol. The molecule has 1 aromatic carbocycles. The molecule has 0 aliphatic heterocycles. The third-order valence-corrected chi connectivity index (χ3v) is 5.28. The Bertz CT molecular complexity index is 736. The van der Waals surface area contributed by atoms with Crippen molar-refractivity contribution < 1.29 is 0 Å². The van der Waals surface area contributed by atoms with Gasteiger partial charge in [0.1, 0.15) is 11.2 Å². The van der Waals surface area contributed by atoms with Gasteiger partial charge in [-0.2, -0.15) is 5.26 Å². The maximum atomic E-state index is 9.37. The summed E-state index contributed by atoms with van der Waals surface area (Å²) in [7, 11) is 0. The zero-order chi connectivity index (χ0) is 16.9. The predicted molar refractivity (Wildman–Crippen MR) is 99.2 cm³/mol. The van der Waals surface area contributed by atoms with Gasteiger partial charge in [-0.05, 0) is 37.3 Å². The molecule has 3 heteroatoms. The first-order valence-electron chi connectivity index (χ1n) is 8.86. The van der Waals surface area contributed by atoms with Gasteiger partial charge in [0.15, 0.2) is 0 Å². The van der Waals surface area contributed by atoms with Crippen LogP contribution in [0.1, 0.15) is 67.6 Å². The summed E-state index contributed by atoms with van der Waals surface area (Å²) in [6, 6.07) is 12.6. The SMILES string of the molecule is Cc1ccc(-c2nc(Cl)c(C#N)cc2C2CCCCCCC2)cc1. The molecule has 124 valence electrons. The lowest BCUT2D eigenvalue weighted by molar-refractivity contribution is 0.455. The first-order valence-corrected chi connectivity index (χ1v) is 9.24. The van der Waals surface area contributed by atoms with Crippen molar-refractivity contribution >= 4 is 11.6 Å². The van der Waals surface area contributed by atoms with E-state index in [2.05, 4.69) is 42.2 Å². The first-order chi connectivity index (χ1) is 11.7. The lowest BCUT2D eigenvalue weighted by atomic mass is 9.83. The van der Waals surface area contributed by atoms with Crippen LogP contribution in [0.15, 0.2) is 30.3 Å². The van der Waals surface area contributed by atoms with E-state index in [-0.39, 0.29) is 0 Å². The van der Waals surface area contributed by atoms with E-state index in [9.17, 15) is 5.26 Å². The molecular formula is C21H23ClN2. The minimum Gasteiger partial charge on any atom is -0.234 e. The summed E-state index contributed by atoms with van der Waals surface area (Å²) in [5, 5.41) is 9.67. The maximum absolute atomic E-state index is 9.37. The minimum absolute atomic E-state index is 0.308. The van der Waals surface area contributed by atoms with E-state index in [1.807, 2.05) is 6.07 Å². The smallest absolute Gasteiger partial charge is 0.147 e. The highest BCUT2D eigenvalue weighted by Crippen LogP contribution is 2.37. The number of nitrogens with zero attached hydrogens (tertiary/aromatic N) is 2. The molecule has 0 amide bonds. The van der Waals surface area contributed by atoms with Crippen LogP contribution in [0.5, 0.6) is 0 Å². The highest BCUT2D eigenvalue weighted by atomic mass is 35.5. The van der Waals surface area contributed by atoms with Gasteiger partial charge in [-0.15, -0.1) is 0 Å². The largest absolute Gasteiger partial charge is 0.234 e. The van der Waals surface area contributed by atoms with Crippen LogP contribution in [-0.4, -0.2) is 4.98 Å². The van der Waals surface area contributed by atoms with Gasteiger partial charge in [0.05, 0.1) is 11.3 Å². The molecule has 3 rings (SSSR count). The number of benzene rings is 1. The van der Waals surface area contributed by atoms with E-state index in [1.165, 1.54) is 56.1 Å². The predicted octanol–water partition coefficient (Wildman–Crippen LogP) is 6.41. The van der Waals surface area contributed by atoms with E-state index in [0.717, 1.165) is 11.3 Å². The van der Waals surface area contributed by atoms with E-state index in [0.29, 0.717) is 16.6 Å². The van der Waals surface area contributed by atoms with Gasteiger partial charge in [-0.25, -0.2) is 4.98 Å². The molecule has 1 fully saturated rings. The number of pyridine rings is 1. The molecule has 0 spiro atoms. The summed E-state index contributed by atoms with van der Waals surface area (Å²) in [6.45, 7) is 2.08. The van der Waals surface area contributed by atoms with Crippen molar-refractivity contribution in [2.24, 2.45) is 0 Å². The lowest BCUT2D eigenvalue weighted by Gasteiger charge is -2.23. The Kier molecular flexibility index (Phi) is 5.53. The minimum atomic E-state index is 0.308. The quantitative estimate of drug-likeness (QED) is 0.593. The first kappa shape index (κ1) is 17.0. The molecule has 0 unspecified atom stereocenters. The van der Waals surface area contributed by atoms with Crippen LogP contribution in [0.4, 0.5) is 0 Å². The van der Waals surface area contributed by atoms with Crippen molar-refractivity contribution in [3.05, 3.63) is 52.2 Å². The van der Waals surface area contributed by atoms with Crippen molar-refractivity contribution in [2.75, 3.05) is 0 Å². The van der Waals surface area contributed by atoms with Crippen LogP contribution in [0.25, 0.3) is 11.3 Å². The number of hydrogen-bond donors (Lipinski definition) is 0. The fraction of sp³-hybridized carbons (Fsp3) is 0.429. The third kappa shape index (κ3) is 3.79. The van der Waals surface area contributed by atoms with Crippen molar-refractivity contribution in [3.63, 3.8) is 0 Å². The summed E-state index contributed by atoms with van der Waals surface area (Å²) < 4.78 is 0. The van der Waals surface area contributed by atoms with Crippen molar-refractivity contribution in [3.8, 4) is 17.3 Å². The van der Waals surface area contributed by atoms with Crippen LogP contribution >= 0.6 is 11.6 Å². The molecule has 1 aliphatic carbocycles. The van der Waals surface area contributed by atoms with Crippen LogP contribution in [0, 0.1) is 18.3 Å². The van der Waals surface area contributed by atoms with E-state index >= 15 is 0 Å². The summed E-state index contributed by atoms with van der Waals surface area (Å²) in [6.07, 6.45) is 8.82. The Labute approximate surface area is 149 Å². The third-order valence-electron chi connectivity index (χ3n) is 5.00. The van der Waals surface area contributed by atoms with E-state index < -0.39 is 0 Å². The van der Waals surface area contributed by atoms with Gasteiger partial charge in [-0.3, -0.25) is 0 Å². The zero-order valence-corrected chi connectivity index (χ0v) is 14.9. The molecule has 1 saturated carbocycles. The maximum Gasteiger partial charge on any atom is 0.147 e. The molecule has 2 nitrogen and oxygen atoms in total. The molecule has 0 bridgehead atoms. The van der Waals surface area contributed by atoms with Crippen molar-refractivity contribution in [1.82, 2.24) is 4.98 Å². The second kappa shape index (κ2) is 7.81. The fourth-order valence-corrected chi connectivity index (χ4v) is 3.79. The Hall–Kier alpha value is -1.85. The highest BCUT2D eigenvalue weighted by molar-refractivity contribution is 6.30. The molecule has 2 aromatic rings. The van der Waals surface area contributed by atoms with Gasteiger partial charge in [0, 0.05) is 5.56 Å². The molecule has 0 saturated heterocycles. The van der Waals surface area contributed by atoms with Gasteiger partial charge in [0.25, 0.3) is 0 Å². The highest BCUT2D eigenvalue weighted by Gasteiger charge is 2.21. The average molecular weight is 339 g/mol. The van der Waals surface area contributed by atoms with Crippen LogP contribution in [0.2, 0.25) is 5.15 Å². The Morgan fingerprint density at radius 3 is 2.29 bits per heavy atom. The van der Waals surface area contributed by atoms with Crippen molar-refractivity contribution in [2.45, 2.75) is 57.8 Å². The van der Waals surface area contributed by atoms with Gasteiger partial charge >= 0.3 is 0 Å². The summed E-state index contributed by atoms with van der Waals surface area (Å²) >= 11 is 6.25. The molecule has 1 aliphatic rings. The molecule has 0 N–H and O–H groups in total. The normalized spacial score (nSPS) is 16.2. The molecule has 1 heterocycles. The Morgan fingerprint density at radius 1 is 1.04 bits per heavy atom. The number of aromatic nitrogens is 1. The monoisotopic (exact) mass is 338 g/mol. The number of rotatable bonds is 2. The number of hydrogen-bond acceptors (Lipinski definition) is 2. The van der Waals surface area contributed by atoms with Crippen molar-refractivity contribution in [1.29, 1.82) is 5.26 Å². The van der Waals surface area contributed by atoms with Crippen LogP contribution < -0.4 is 0 Å². The second-order valence-electron chi connectivity index (χ2n) is 6.78. The Balaban J connectivity index is 2.07. The Morgan fingerprint density at radius 2 is 1.67 bits per heavy atom. The van der Waals surface area contributed by atoms with Gasteiger partial charge in [-0.1, -0.05) is 73.5 Å². The standard InChI is InChI=1S/C21H23ClN2/c1-15-9-11-17(12-10-15)20-19(13-18(14-23)21(22)24-20)16-7-5-3-2-4-6-8-16/h9-13,16H,2-8H2,1H3. The summed E-state index contributed by atoms with van der Waals surface area (Å²) in [4.78, 5) is 4.62. The van der Waals surface area contributed by atoms with E-state index in [1.54, 1.807) is 0 Å². The van der Waals surface area contributed by atoms with Gasteiger partial charge in [0.2, 0.25) is 0 Å². The lowest BCUT2D eigenvalue weighted by Crippen LogP contribution is -2.06. The van der Waals surface area contributed by atoms with Gasteiger partial charge < -0.3 is 0 Å². The summed E-state index contributed by atoms with van der Waals surface area (Å²) in [5.41, 5.74) is 4.95. The molecule has 0 radical (unpaired) electrons. The zero-order valence-electron chi connectivity index (χ0n) is 14.2. The van der Waals surface area contributed by atoms with Crippen LogP contribution in [-0.2, 0) is 0 Å². The average Bonchev–Trinajstić information content (AvgIpc) is 2.55. The fourth-order valence-electron chi connectivity index (χ4n) is 3.61. The number of aryl methyl sites for hydroxylation is 1. The number of halogens is 1. The molecule has 24 heavy (non-hydrogen) atoms. The van der Waals surface area contributed by atoms with Crippen LogP contribution in [0.3, 0.4) is 0 Å². The summed E-state index contributed by atoms with van der Waals surface area (Å²) in [5.74, 6) is 0.471. The second-order valence-corrected chi connectivity index (χ2v) is 7.14. The molecule has 1 aromatic heterocycles. The molecule has 0 atom stereocenters. The number of nitriles is 1.